The first-order valence-corrected chi connectivity index (χ1v) is 11.7. The second-order valence-corrected chi connectivity index (χ2v) is 9.32. The molecule has 2 aromatic carbocycles. The van der Waals surface area contributed by atoms with Crippen molar-refractivity contribution in [2.45, 2.75) is 32.5 Å². The SMILES string of the molecule is CC(=O)Nc1ccc(NC(=O)CSc2nnc(-c3ccc(Cl)cc3Cl)n2CC(C)C)cc1. The van der Waals surface area contributed by atoms with Crippen molar-refractivity contribution < 1.29 is 9.59 Å². The van der Waals surface area contributed by atoms with Gasteiger partial charge in [0.15, 0.2) is 11.0 Å². The third-order valence-corrected chi connectivity index (χ3v) is 5.77. The summed E-state index contributed by atoms with van der Waals surface area (Å²) in [4.78, 5) is 23.6. The average Bonchev–Trinajstić information content (AvgIpc) is 3.09. The first-order valence-electron chi connectivity index (χ1n) is 9.92. The number of amides is 2. The quantitative estimate of drug-likeness (QED) is 0.400. The molecule has 1 heterocycles. The van der Waals surface area contributed by atoms with Crippen LogP contribution in [0.5, 0.6) is 0 Å². The lowest BCUT2D eigenvalue weighted by molar-refractivity contribution is -0.114. The largest absolute Gasteiger partial charge is 0.326 e. The van der Waals surface area contributed by atoms with E-state index < -0.39 is 0 Å². The average molecular weight is 492 g/mol. The Labute approximate surface area is 200 Å². The minimum Gasteiger partial charge on any atom is -0.326 e. The van der Waals surface area contributed by atoms with E-state index >= 15 is 0 Å². The van der Waals surface area contributed by atoms with Crippen LogP contribution in [0.3, 0.4) is 0 Å². The highest BCUT2D eigenvalue weighted by Crippen LogP contribution is 2.32. The molecule has 0 aliphatic carbocycles. The first-order chi connectivity index (χ1) is 15.2. The molecule has 10 heteroatoms. The van der Waals surface area contributed by atoms with Gasteiger partial charge >= 0.3 is 0 Å². The normalized spacial score (nSPS) is 10.9. The van der Waals surface area contributed by atoms with Gasteiger partial charge < -0.3 is 15.2 Å². The summed E-state index contributed by atoms with van der Waals surface area (Å²) in [5, 5.41) is 15.8. The van der Waals surface area contributed by atoms with Crippen molar-refractivity contribution in [1.29, 1.82) is 0 Å². The van der Waals surface area contributed by atoms with Crippen molar-refractivity contribution in [3.63, 3.8) is 0 Å². The fraction of sp³-hybridized carbons (Fsp3) is 0.273. The molecule has 2 amide bonds. The number of thioether (sulfide) groups is 1. The predicted molar refractivity (Wildman–Crippen MR) is 130 cm³/mol. The van der Waals surface area contributed by atoms with Gasteiger partial charge in [0.25, 0.3) is 0 Å². The Morgan fingerprint density at radius 2 is 1.69 bits per heavy atom. The van der Waals surface area contributed by atoms with Crippen molar-refractivity contribution in [2.75, 3.05) is 16.4 Å². The number of aromatic nitrogens is 3. The Morgan fingerprint density at radius 3 is 2.28 bits per heavy atom. The molecule has 7 nitrogen and oxygen atoms in total. The van der Waals surface area contributed by atoms with Gasteiger partial charge in [-0.3, -0.25) is 9.59 Å². The van der Waals surface area contributed by atoms with Gasteiger partial charge in [0.1, 0.15) is 0 Å². The molecule has 0 unspecified atom stereocenters. The van der Waals surface area contributed by atoms with Crippen molar-refractivity contribution >= 4 is 58.2 Å². The van der Waals surface area contributed by atoms with Crippen molar-refractivity contribution in [2.24, 2.45) is 5.92 Å². The zero-order valence-corrected chi connectivity index (χ0v) is 20.2. The predicted octanol–water partition coefficient (Wildman–Crippen LogP) is 5.60. The Bertz CT molecular complexity index is 1120. The lowest BCUT2D eigenvalue weighted by atomic mass is 10.2. The summed E-state index contributed by atoms with van der Waals surface area (Å²) in [6.45, 7) is 6.31. The summed E-state index contributed by atoms with van der Waals surface area (Å²) in [6, 6.07) is 12.2. The van der Waals surface area contributed by atoms with Gasteiger partial charge in [0, 0.05) is 35.4 Å². The maximum Gasteiger partial charge on any atom is 0.234 e. The number of carbonyl (C=O) groups excluding carboxylic acids is 2. The maximum absolute atomic E-state index is 12.5. The highest BCUT2D eigenvalue weighted by molar-refractivity contribution is 7.99. The number of hydrogen-bond donors (Lipinski definition) is 2. The molecule has 3 aromatic rings. The van der Waals surface area contributed by atoms with Crippen LogP contribution >= 0.6 is 35.0 Å². The molecule has 3 rings (SSSR count). The van der Waals surface area contributed by atoms with Gasteiger partial charge in [-0.15, -0.1) is 10.2 Å². The van der Waals surface area contributed by atoms with Gasteiger partial charge in [0.05, 0.1) is 10.8 Å². The molecular weight excluding hydrogens is 469 g/mol. The molecule has 168 valence electrons. The molecule has 0 bridgehead atoms. The highest BCUT2D eigenvalue weighted by Gasteiger charge is 2.18. The molecule has 2 N–H and O–H groups in total. The van der Waals surface area contributed by atoms with Crippen LogP contribution in [0.15, 0.2) is 47.6 Å². The molecule has 0 aliphatic rings. The number of rotatable bonds is 8. The summed E-state index contributed by atoms with van der Waals surface area (Å²) in [5.74, 6) is 0.816. The van der Waals surface area contributed by atoms with Crippen LogP contribution < -0.4 is 10.6 Å². The second-order valence-electron chi connectivity index (χ2n) is 7.53. The zero-order chi connectivity index (χ0) is 23.3. The van der Waals surface area contributed by atoms with Crippen LogP contribution in [0.1, 0.15) is 20.8 Å². The smallest absolute Gasteiger partial charge is 0.234 e. The Hall–Kier alpha value is -2.55. The van der Waals surface area contributed by atoms with Gasteiger partial charge in [-0.25, -0.2) is 0 Å². The standard InChI is InChI=1S/C22H23Cl2N5O2S/c1-13(2)11-29-21(18-9-4-15(23)10-19(18)24)27-28-22(29)32-12-20(31)26-17-7-5-16(6-8-17)25-14(3)30/h4-10,13H,11-12H2,1-3H3,(H,25,30)(H,26,31). The number of nitrogens with zero attached hydrogens (tertiary/aromatic N) is 3. The number of hydrogen-bond acceptors (Lipinski definition) is 5. The van der Waals surface area contributed by atoms with E-state index in [0.29, 0.717) is 44.9 Å². The molecule has 0 spiro atoms. The number of anilines is 2. The van der Waals surface area contributed by atoms with E-state index in [9.17, 15) is 9.59 Å². The number of carbonyl (C=O) groups is 2. The van der Waals surface area contributed by atoms with Crippen LogP contribution in [-0.4, -0.2) is 32.3 Å². The van der Waals surface area contributed by atoms with Gasteiger partial charge in [-0.05, 0) is 48.4 Å². The van der Waals surface area contributed by atoms with Gasteiger partial charge in [-0.2, -0.15) is 0 Å². The third kappa shape index (κ3) is 6.48. The Kier molecular flexibility index (Phi) is 8.17. The molecule has 0 saturated heterocycles. The maximum atomic E-state index is 12.5. The lowest BCUT2D eigenvalue weighted by Crippen LogP contribution is -2.15. The van der Waals surface area contributed by atoms with E-state index in [1.54, 1.807) is 36.4 Å². The van der Waals surface area contributed by atoms with Crippen LogP contribution in [0.2, 0.25) is 10.0 Å². The summed E-state index contributed by atoms with van der Waals surface area (Å²) in [5.41, 5.74) is 2.04. The minimum absolute atomic E-state index is 0.150. The molecule has 0 fully saturated rings. The summed E-state index contributed by atoms with van der Waals surface area (Å²) >= 11 is 13.7. The molecule has 32 heavy (non-hydrogen) atoms. The van der Waals surface area contributed by atoms with Crippen molar-refractivity contribution in [1.82, 2.24) is 14.8 Å². The summed E-state index contributed by atoms with van der Waals surface area (Å²) < 4.78 is 1.97. The molecule has 0 aliphatic heterocycles. The van der Waals surface area contributed by atoms with Gasteiger partial charge in [0.2, 0.25) is 11.8 Å². The first kappa shape index (κ1) is 24.1. The van der Waals surface area contributed by atoms with E-state index in [-0.39, 0.29) is 17.6 Å². The lowest BCUT2D eigenvalue weighted by Gasteiger charge is -2.13. The van der Waals surface area contributed by atoms with E-state index in [1.807, 2.05) is 10.6 Å². The van der Waals surface area contributed by atoms with Crippen LogP contribution in [-0.2, 0) is 16.1 Å². The van der Waals surface area contributed by atoms with E-state index in [2.05, 4.69) is 34.7 Å². The van der Waals surface area contributed by atoms with Crippen molar-refractivity contribution in [3.8, 4) is 11.4 Å². The molecule has 0 saturated carbocycles. The zero-order valence-electron chi connectivity index (χ0n) is 17.9. The highest BCUT2D eigenvalue weighted by atomic mass is 35.5. The second kappa shape index (κ2) is 10.8. The van der Waals surface area contributed by atoms with Crippen LogP contribution in [0.4, 0.5) is 11.4 Å². The molecule has 0 radical (unpaired) electrons. The molecule has 0 atom stereocenters. The number of benzene rings is 2. The monoisotopic (exact) mass is 491 g/mol. The van der Waals surface area contributed by atoms with Crippen molar-refractivity contribution in [3.05, 3.63) is 52.5 Å². The van der Waals surface area contributed by atoms with E-state index in [4.69, 9.17) is 23.2 Å². The van der Waals surface area contributed by atoms with Crippen LogP contribution in [0.25, 0.3) is 11.4 Å². The van der Waals surface area contributed by atoms with Crippen LogP contribution in [0, 0.1) is 5.92 Å². The summed E-state index contributed by atoms with van der Waals surface area (Å²) in [6.07, 6.45) is 0. The minimum atomic E-state index is -0.174. The Morgan fingerprint density at radius 1 is 1.03 bits per heavy atom. The number of nitrogens with one attached hydrogen (secondary N) is 2. The van der Waals surface area contributed by atoms with Gasteiger partial charge in [-0.1, -0.05) is 48.8 Å². The van der Waals surface area contributed by atoms with E-state index in [1.165, 1.54) is 18.7 Å². The number of halogens is 2. The molecular formula is C22H23Cl2N5O2S. The summed E-state index contributed by atoms with van der Waals surface area (Å²) in [7, 11) is 0. The fourth-order valence-corrected chi connectivity index (χ4v) is 4.20. The fourth-order valence-electron chi connectivity index (χ4n) is 2.96. The topological polar surface area (TPSA) is 88.9 Å². The molecule has 1 aromatic heterocycles. The van der Waals surface area contributed by atoms with E-state index in [0.717, 1.165) is 5.56 Å². The third-order valence-electron chi connectivity index (χ3n) is 4.26. The Balaban J connectivity index is 1.70.